The second-order valence-electron chi connectivity index (χ2n) is 15.3. The fraction of sp³-hybridized carbons (Fsp3) is 0.191. The van der Waals surface area contributed by atoms with Gasteiger partial charge in [-0.3, -0.25) is 0 Å². The molecular weight excluding hydrogens is 832 g/mol. The number of hydrogen-bond donors (Lipinski definition) is 0. The van der Waals surface area contributed by atoms with Gasteiger partial charge in [-0.25, -0.2) is 4.98 Å². The molecule has 0 bridgehead atoms. The van der Waals surface area contributed by atoms with Crippen molar-refractivity contribution < 1.29 is 25.8 Å². The van der Waals surface area contributed by atoms with Crippen molar-refractivity contribution in [2.45, 2.75) is 52.4 Å². The van der Waals surface area contributed by atoms with Gasteiger partial charge in [-0.05, 0) is 63.2 Å². The number of nitrogens with zero attached hydrogens (tertiary/aromatic N) is 4. The van der Waals surface area contributed by atoms with Crippen LogP contribution in [0.4, 0.5) is 11.4 Å². The number of hydrogen-bond acceptors (Lipinski definition) is 4. The van der Waals surface area contributed by atoms with Crippen molar-refractivity contribution >= 4 is 38.9 Å². The van der Waals surface area contributed by atoms with E-state index in [1.54, 1.807) is 0 Å². The first-order valence-electron chi connectivity index (χ1n) is 17.6. The fourth-order valence-corrected chi connectivity index (χ4v) is 6.79. The Kier molecular flexibility index (Phi) is 10.4. The number of benzene rings is 5. The molecular formula is C47H45N4OPt-3. The molecule has 5 aromatic carbocycles. The SMILES string of the molecule is CC(C)(C)c1cccc(N2C=C(c3ccccc3)N(c3[c-]c(Oc4[c-]c5c(cc4)c4ccccc4n5-c4cc(C(C)(C)C)ccn4)ccc3)C2)c1.[CH3-].[Pt]. The van der Waals surface area contributed by atoms with Gasteiger partial charge in [0, 0.05) is 56.2 Å². The Morgan fingerprint density at radius 2 is 1.36 bits per heavy atom. The zero-order valence-corrected chi connectivity index (χ0v) is 33.7. The minimum absolute atomic E-state index is 0. The Morgan fingerprint density at radius 3 is 2.13 bits per heavy atom. The minimum Gasteiger partial charge on any atom is -0.509 e. The predicted octanol–water partition coefficient (Wildman–Crippen LogP) is 11.9. The van der Waals surface area contributed by atoms with Gasteiger partial charge in [-0.2, -0.15) is 12.1 Å². The zero-order valence-electron chi connectivity index (χ0n) is 31.4. The van der Waals surface area contributed by atoms with Gasteiger partial charge in [-0.15, -0.1) is 35.7 Å². The summed E-state index contributed by atoms with van der Waals surface area (Å²) in [6.45, 7) is 14.1. The van der Waals surface area contributed by atoms with Crippen molar-refractivity contribution in [2.75, 3.05) is 16.5 Å². The second-order valence-corrected chi connectivity index (χ2v) is 15.3. The van der Waals surface area contributed by atoms with Gasteiger partial charge >= 0.3 is 0 Å². The molecule has 0 spiro atoms. The van der Waals surface area contributed by atoms with Crippen molar-refractivity contribution in [2.24, 2.45) is 0 Å². The first-order valence-corrected chi connectivity index (χ1v) is 17.6. The summed E-state index contributed by atoms with van der Waals surface area (Å²) in [5, 5.41) is 2.25. The summed E-state index contributed by atoms with van der Waals surface area (Å²) < 4.78 is 8.74. The standard InChI is InChI=1S/C46H42N4O.CH3.Pt/c1-45(2,3)33-16-12-17-35(26-33)48-30-43(32-14-8-7-9-15-32)49(31-48)36-18-13-19-37(28-36)51-38-22-23-40-39-20-10-11-21-41(39)50(42(40)29-38)44-27-34(24-25-47-44)46(4,5)6;;/h7-27,30H,31H2,1-6H3;1H3;/q-2;-1;. The molecule has 5 nitrogen and oxygen atoms in total. The van der Waals surface area contributed by atoms with Gasteiger partial charge in [-0.1, -0.05) is 113 Å². The van der Waals surface area contributed by atoms with E-state index in [-0.39, 0.29) is 39.3 Å². The van der Waals surface area contributed by atoms with Crippen LogP contribution in [0, 0.1) is 19.6 Å². The number of ether oxygens (including phenoxy) is 1. The normalized spacial score (nSPS) is 13.1. The molecule has 0 radical (unpaired) electrons. The van der Waals surface area contributed by atoms with E-state index >= 15 is 0 Å². The predicted molar refractivity (Wildman–Crippen MR) is 217 cm³/mol. The number of rotatable bonds is 6. The third kappa shape index (κ3) is 7.41. The summed E-state index contributed by atoms with van der Waals surface area (Å²) in [7, 11) is 0. The van der Waals surface area contributed by atoms with E-state index in [0.717, 1.165) is 50.3 Å². The maximum atomic E-state index is 6.55. The molecule has 1 aliphatic rings. The van der Waals surface area contributed by atoms with E-state index in [1.165, 1.54) is 11.1 Å². The molecule has 2 aromatic heterocycles. The van der Waals surface area contributed by atoms with Crippen LogP contribution in [0.5, 0.6) is 11.5 Å². The average molecular weight is 877 g/mol. The quantitative estimate of drug-likeness (QED) is 0.156. The number of anilines is 2. The molecule has 6 heteroatoms. The maximum Gasteiger partial charge on any atom is 0.135 e. The molecule has 3 heterocycles. The van der Waals surface area contributed by atoms with Gasteiger partial charge in [0.05, 0.1) is 12.4 Å². The molecule has 53 heavy (non-hydrogen) atoms. The molecule has 0 fully saturated rings. The summed E-state index contributed by atoms with van der Waals surface area (Å²) in [6, 6.07) is 49.5. The van der Waals surface area contributed by atoms with E-state index in [1.807, 2.05) is 24.4 Å². The molecule has 0 saturated heterocycles. The molecule has 1 aliphatic heterocycles. The molecule has 0 aliphatic carbocycles. The first-order chi connectivity index (χ1) is 24.5. The summed E-state index contributed by atoms with van der Waals surface area (Å²) >= 11 is 0. The Labute approximate surface area is 328 Å². The molecule has 0 atom stereocenters. The van der Waals surface area contributed by atoms with E-state index in [2.05, 4.69) is 177 Å². The van der Waals surface area contributed by atoms with Gasteiger partial charge in [0.1, 0.15) is 5.82 Å². The van der Waals surface area contributed by atoms with E-state index in [4.69, 9.17) is 9.72 Å². The van der Waals surface area contributed by atoms with Crippen LogP contribution in [0.2, 0.25) is 0 Å². The number of fused-ring (bicyclic) bond motifs is 3. The van der Waals surface area contributed by atoms with E-state index in [0.29, 0.717) is 18.2 Å². The summed E-state index contributed by atoms with van der Waals surface area (Å²) in [5.41, 5.74) is 8.92. The van der Waals surface area contributed by atoms with Crippen molar-refractivity contribution in [1.29, 1.82) is 0 Å². The van der Waals surface area contributed by atoms with Crippen LogP contribution in [0.25, 0.3) is 33.3 Å². The van der Waals surface area contributed by atoms with Crippen LogP contribution in [0.3, 0.4) is 0 Å². The molecule has 7 aromatic rings. The monoisotopic (exact) mass is 876 g/mol. The largest absolute Gasteiger partial charge is 0.509 e. The van der Waals surface area contributed by atoms with Gasteiger partial charge < -0.3 is 26.5 Å². The van der Waals surface area contributed by atoms with Crippen LogP contribution in [0.15, 0.2) is 134 Å². The molecule has 0 N–H and O–H groups in total. The number of aromatic nitrogens is 2. The Morgan fingerprint density at radius 1 is 0.660 bits per heavy atom. The average Bonchev–Trinajstić information content (AvgIpc) is 3.72. The summed E-state index contributed by atoms with van der Waals surface area (Å²) in [5.74, 6) is 2.11. The minimum atomic E-state index is -0.00626. The van der Waals surface area contributed by atoms with E-state index < -0.39 is 0 Å². The molecule has 8 rings (SSSR count). The summed E-state index contributed by atoms with van der Waals surface area (Å²) in [6.07, 6.45) is 4.14. The van der Waals surface area contributed by atoms with Gasteiger partial charge in [0.2, 0.25) is 0 Å². The second kappa shape index (κ2) is 14.7. The summed E-state index contributed by atoms with van der Waals surface area (Å²) in [4.78, 5) is 9.43. The van der Waals surface area contributed by atoms with Crippen molar-refractivity contribution in [3.05, 3.63) is 170 Å². The van der Waals surface area contributed by atoms with E-state index in [9.17, 15) is 0 Å². The third-order valence-corrected chi connectivity index (χ3v) is 9.64. The third-order valence-electron chi connectivity index (χ3n) is 9.64. The Balaban J connectivity index is 0.00000240. The maximum absolute atomic E-state index is 6.55. The van der Waals surface area contributed by atoms with Crippen LogP contribution >= 0.6 is 0 Å². The Bertz CT molecular complexity index is 2420. The van der Waals surface area contributed by atoms with Crippen molar-refractivity contribution in [3.8, 4) is 17.3 Å². The molecule has 0 unspecified atom stereocenters. The molecule has 0 amide bonds. The smallest absolute Gasteiger partial charge is 0.135 e. The van der Waals surface area contributed by atoms with Crippen LogP contribution in [-0.4, -0.2) is 16.2 Å². The fourth-order valence-electron chi connectivity index (χ4n) is 6.79. The number of para-hydroxylation sites is 1. The van der Waals surface area contributed by atoms with Gasteiger partial charge in [0.25, 0.3) is 0 Å². The Hall–Kier alpha value is -5.12. The number of pyridine rings is 1. The topological polar surface area (TPSA) is 33.5 Å². The zero-order chi connectivity index (χ0) is 35.3. The first kappa shape index (κ1) is 37.6. The van der Waals surface area contributed by atoms with Gasteiger partial charge in [0.15, 0.2) is 0 Å². The van der Waals surface area contributed by atoms with Crippen molar-refractivity contribution in [1.82, 2.24) is 9.55 Å². The van der Waals surface area contributed by atoms with Crippen LogP contribution in [-0.2, 0) is 31.9 Å². The van der Waals surface area contributed by atoms with Crippen LogP contribution < -0.4 is 14.5 Å². The van der Waals surface area contributed by atoms with Crippen LogP contribution in [0.1, 0.15) is 58.2 Å². The molecule has 272 valence electrons. The van der Waals surface area contributed by atoms with Crippen molar-refractivity contribution in [3.63, 3.8) is 0 Å². The molecule has 0 saturated carbocycles.